The zero-order valence-electron chi connectivity index (χ0n) is 18.0. The molecule has 1 aliphatic heterocycles. The molecule has 4 rings (SSSR count). The van der Waals surface area contributed by atoms with Crippen LogP contribution in [0.25, 0.3) is 5.69 Å². The Kier molecular flexibility index (Phi) is 5.77. The van der Waals surface area contributed by atoms with Gasteiger partial charge in [-0.2, -0.15) is 0 Å². The maximum Gasteiger partial charge on any atom is 0.411 e. The highest BCUT2D eigenvalue weighted by Gasteiger charge is 2.32. The van der Waals surface area contributed by atoms with Crippen LogP contribution in [0, 0.1) is 0 Å². The van der Waals surface area contributed by atoms with Crippen molar-refractivity contribution in [2.75, 3.05) is 7.11 Å². The summed E-state index contributed by atoms with van der Waals surface area (Å²) >= 11 is 6.30. The fraction of sp³-hybridized carbons (Fsp3) is 0.591. The number of carbonyl (C=O) groups is 1. The van der Waals surface area contributed by atoms with Gasteiger partial charge in [0.2, 0.25) is 0 Å². The van der Waals surface area contributed by atoms with Gasteiger partial charge in [-0.1, -0.05) is 11.6 Å². The standard InChI is InChI=1S/C22H29ClN4O3/c1-22(2,3)30-21(28)26-12-15-11-16(23)7-10-18(15)27-19(13-26)24-25-20(27)14-5-8-17(29-4)9-6-14/h7,10-11,14,17H,5-6,8-9,12-13H2,1-4H3. The number of halogens is 1. The fourth-order valence-electron chi connectivity index (χ4n) is 4.30. The van der Waals surface area contributed by atoms with Crippen LogP contribution in [0.2, 0.25) is 5.02 Å². The molecule has 1 fully saturated rings. The normalized spacial score (nSPS) is 21.6. The monoisotopic (exact) mass is 432 g/mol. The summed E-state index contributed by atoms with van der Waals surface area (Å²) in [4.78, 5) is 14.5. The summed E-state index contributed by atoms with van der Waals surface area (Å²) in [6, 6.07) is 5.78. The number of benzene rings is 1. The highest BCUT2D eigenvalue weighted by Crippen LogP contribution is 2.36. The lowest BCUT2D eigenvalue weighted by Gasteiger charge is -2.27. The molecular formula is C22H29ClN4O3. The lowest BCUT2D eigenvalue weighted by molar-refractivity contribution is 0.0214. The molecule has 0 atom stereocenters. The van der Waals surface area contributed by atoms with Crippen LogP contribution in [0.3, 0.4) is 0 Å². The number of aromatic nitrogens is 3. The smallest absolute Gasteiger partial charge is 0.411 e. The summed E-state index contributed by atoms with van der Waals surface area (Å²) in [5, 5.41) is 9.68. The number of hydrogen-bond donors (Lipinski definition) is 0. The van der Waals surface area contributed by atoms with Gasteiger partial charge in [0.25, 0.3) is 0 Å². The molecule has 1 aromatic carbocycles. The summed E-state index contributed by atoms with van der Waals surface area (Å²) in [6.07, 6.45) is 4.00. The van der Waals surface area contributed by atoms with Crippen LogP contribution < -0.4 is 0 Å². The van der Waals surface area contributed by atoms with Crippen LogP contribution in [0.5, 0.6) is 0 Å². The minimum absolute atomic E-state index is 0.314. The third-order valence-electron chi connectivity index (χ3n) is 5.76. The first-order chi connectivity index (χ1) is 14.2. The average molecular weight is 433 g/mol. The van der Waals surface area contributed by atoms with Crippen molar-refractivity contribution in [2.45, 2.75) is 77.2 Å². The van der Waals surface area contributed by atoms with Crippen LogP contribution in [-0.2, 0) is 22.6 Å². The molecule has 7 nitrogen and oxygen atoms in total. The molecule has 0 N–H and O–H groups in total. The van der Waals surface area contributed by atoms with Gasteiger partial charge in [0, 0.05) is 18.1 Å². The predicted molar refractivity (Wildman–Crippen MR) is 114 cm³/mol. The Labute approximate surface area is 182 Å². The molecule has 162 valence electrons. The van der Waals surface area contributed by atoms with Crippen molar-refractivity contribution >= 4 is 17.7 Å². The molecule has 0 saturated heterocycles. The molecule has 0 radical (unpaired) electrons. The fourth-order valence-corrected chi connectivity index (χ4v) is 4.50. The van der Waals surface area contributed by atoms with Crippen molar-refractivity contribution in [3.05, 3.63) is 40.4 Å². The molecule has 2 aromatic rings. The number of rotatable bonds is 2. The minimum Gasteiger partial charge on any atom is -0.444 e. The molecule has 0 unspecified atom stereocenters. The number of methoxy groups -OCH3 is 1. The minimum atomic E-state index is -0.570. The summed E-state index contributed by atoms with van der Waals surface area (Å²) in [5.41, 5.74) is 1.37. The van der Waals surface area contributed by atoms with Crippen molar-refractivity contribution in [1.29, 1.82) is 0 Å². The molecule has 2 aliphatic rings. The van der Waals surface area contributed by atoms with Gasteiger partial charge >= 0.3 is 6.09 Å². The van der Waals surface area contributed by atoms with E-state index in [1.807, 2.05) is 39.0 Å². The Morgan fingerprint density at radius 1 is 1.13 bits per heavy atom. The maximum absolute atomic E-state index is 12.8. The predicted octanol–water partition coefficient (Wildman–Crippen LogP) is 4.84. The zero-order valence-corrected chi connectivity index (χ0v) is 18.8. The molecule has 1 aromatic heterocycles. The van der Waals surface area contributed by atoms with E-state index in [0.29, 0.717) is 30.1 Å². The van der Waals surface area contributed by atoms with Gasteiger partial charge in [0.1, 0.15) is 11.4 Å². The average Bonchev–Trinajstić information content (AvgIpc) is 3.02. The Hall–Kier alpha value is -2.12. The van der Waals surface area contributed by atoms with Gasteiger partial charge in [-0.25, -0.2) is 4.79 Å². The number of amides is 1. The largest absolute Gasteiger partial charge is 0.444 e. The Balaban J connectivity index is 1.71. The van der Waals surface area contributed by atoms with E-state index in [1.54, 1.807) is 12.0 Å². The topological polar surface area (TPSA) is 69.5 Å². The third kappa shape index (κ3) is 4.32. The number of hydrogen-bond acceptors (Lipinski definition) is 5. The van der Waals surface area contributed by atoms with E-state index in [9.17, 15) is 4.79 Å². The lowest BCUT2D eigenvalue weighted by Crippen LogP contribution is -2.35. The first-order valence-electron chi connectivity index (χ1n) is 10.5. The highest BCUT2D eigenvalue weighted by molar-refractivity contribution is 6.30. The zero-order chi connectivity index (χ0) is 21.5. The number of nitrogens with zero attached hydrogens (tertiary/aromatic N) is 4. The third-order valence-corrected chi connectivity index (χ3v) is 5.99. The maximum atomic E-state index is 12.8. The molecule has 0 bridgehead atoms. The second-order valence-electron chi connectivity index (χ2n) is 9.13. The summed E-state index contributed by atoms with van der Waals surface area (Å²) < 4.78 is 13.3. The second-order valence-corrected chi connectivity index (χ2v) is 9.57. The molecular weight excluding hydrogens is 404 g/mol. The number of ether oxygens (including phenoxy) is 2. The molecule has 1 aliphatic carbocycles. The van der Waals surface area contributed by atoms with Crippen LogP contribution in [0.4, 0.5) is 4.79 Å². The molecule has 2 heterocycles. The van der Waals surface area contributed by atoms with E-state index in [1.165, 1.54) is 0 Å². The Morgan fingerprint density at radius 3 is 2.53 bits per heavy atom. The van der Waals surface area contributed by atoms with E-state index < -0.39 is 5.60 Å². The number of carbonyl (C=O) groups excluding carboxylic acids is 1. The molecule has 8 heteroatoms. The van der Waals surface area contributed by atoms with Crippen molar-refractivity contribution in [3.63, 3.8) is 0 Å². The van der Waals surface area contributed by atoms with Crippen molar-refractivity contribution < 1.29 is 14.3 Å². The van der Waals surface area contributed by atoms with Crippen molar-refractivity contribution in [2.24, 2.45) is 0 Å². The number of fused-ring (bicyclic) bond motifs is 3. The summed E-state index contributed by atoms with van der Waals surface area (Å²) in [5.74, 6) is 2.01. The van der Waals surface area contributed by atoms with Crippen molar-refractivity contribution in [1.82, 2.24) is 19.7 Å². The van der Waals surface area contributed by atoms with Crippen LogP contribution >= 0.6 is 11.6 Å². The molecule has 1 amide bonds. The van der Waals surface area contributed by atoms with E-state index >= 15 is 0 Å². The SMILES string of the molecule is COC1CCC(c2nnc3n2-c2ccc(Cl)cc2CN(C(=O)OC(C)(C)C)C3)CC1. The van der Waals surface area contributed by atoms with Gasteiger partial charge < -0.3 is 9.47 Å². The van der Waals surface area contributed by atoms with Gasteiger partial charge in [0.15, 0.2) is 5.82 Å². The van der Waals surface area contributed by atoms with Crippen LogP contribution in [0.1, 0.15) is 69.6 Å². The molecule has 0 spiro atoms. The van der Waals surface area contributed by atoms with Crippen molar-refractivity contribution in [3.8, 4) is 5.69 Å². The Bertz CT molecular complexity index is 929. The quantitative estimate of drug-likeness (QED) is 0.678. The van der Waals surface area contributed by atoms with E-state index in [4.69, 9.17) is 21.1 Å². The van der Waals surface area contributed by atoms with Crippen LogP contribution in [0.15, 0.2) is 18.2 Å². The highest BCUT2D eigenvalue weighted by atomic mass is 35.5. The van der Waals surface area contributed by atoms with Gasteiger partial charge in [-0.3, -0.25) is 9.47 Å². The first-order valence-corrected chi connectivity index (χ1v) is 10.9. The second kappa shape index (κ2) is 8.19. The van der Waals surface area contributed by atoms with E-state index in [-0.39, 0.29) is 6.09 Å². The van der Waals surface area contributed by atoms with E-state index in [2.05, 4.69) is 14.8 Å². The van der Waals surface area contributed by atoms with Gasteiger partial charge in [-0.05, 0) is 70.2 Å². The summed E-state index contributed by atoms with van der Waals surface area (Å²) in [7, 11) is 1.78. The van der Waals surface area contributed by atoms with Gasteiger partial charge in [0.05, 0.1) is 24.9 Å². The van der Waals surface area contributed by atoms with Gasteiger partial charge in [-0.15, -0.1) is 10.2 Å². The lowest BCUT2D eigenvalue weighted by atomic mass is 9.86. The van der Waals surface area contributed by atoms with Crippen LogP contribution in [-0.4, -0.2) is 44.6 Å². The first kappa shape index (κ1) is 21.1. The summed E-state index contributed by atoms with van der Waals surface area (Å²) in [6.45, 7) is 6.34. The van der Waals surface area contributed by atoms with E-state index in [0.717, 1.165) is 48.6 Å². The molecule has 30 heavy (non-hydrogen) atoms. The molecule has 1 saturated carbocycles. The Morgan fingerprint density at radius 2 is 1.87 bits per heavy atom.